The molecule has 2 N–H and O–H groups in total. The average Bonchev–Trinajstić information content (AvgIpc) is 3.01. The Morgan fingerprint density at radius 3 is 2.26 bits per heavy atom. The molecule has 3 rings (SSSR count). The minimum Gasteiger partial charge on any atom is -0.598 e. The van der Waals surface area contributed by atoms with E-state index in [0.29, 0.717) is 31.7 Å². The lowest BCUT2D eigenvalue weighted by Gasteiger charge is -2.41. The highest BCUT2D eigenvalue weighted by atomic mass is 32.2. The zero-order valence-corrected chi connectivity index (χ0v) is 22.1. The third kappa shape index (κ3) is 6.91. The molecule has 0 aliphatic carbocycles. The number of carbonyl (C=O) groups excluding carboxylic acids is 1. The zero-order valence-electron chi connectivity index (χ0n) is 20.4. The fraction of sp³-hybridized carbons (Fsp3) is 0.696. The maximum Gasteiger partial charge on any atom is 0.216 e. The van der Waals surface area contributed by atoms with Gasteiger partial charge in [-0.25, -0.2) is 21.6 Å². The number of hydrogen-bond donors (Lipinski definition) is 2. The number of benzene rings is 1. The van der Waals surface area contributed by atoms with Crippen LogP contribution >= 0.6 is 0 Å². The summed E-state index contributed by atoms with van der Waals surface area (Å²) in [7, 11) is -3.60. The van der Waals surface area contributed by atoms with Crippen molar-refractivity contribution < 1.29 is 30.9 Å². The Morgan fingerprint density at radius 2 is 1.71 bits per heavy atom. The molecule has 1 unspecified atom stereocenters. The number of nitrogens with zero attached hydrogens (tertiary/aromatic N) is 1. The molecule has 2 heterocycles. The molecule has 2 saturated heterocycles. The van der Waals surface area contributed by atoms with Crippen LogP contribution in [0.3, 0.4) is 0 Å². The van der Waals surface area contributed by atoms with Crippen LogP contribution in [0.1, 0.15) is 58.9 Å². The topological polar surface area (TPSA) is 102 Å². The van der Waals surface area contributed by atoms with Crippen LogP contribution in [0.25, 0.3) is 0 Å². The first-order valence-corrected chi connectivity index (χ1v) is 14.5. The Kier molecular flexibility index (Phi) is 8.84. The first-order chi connectivity index (χ1) is 16.2. The molecule has 1 amide bonds. The van der Waals surface area contributed by atoms with Gasteiger partial charge in [-0.2, -0.15) is 4.31 Å². The molecular formula is C23H34F3N3O4S2. The minimum atomic E-state index is -3.60. The maximum absolute atomic E-state index is 14.5. The summed E-state index contributed by atoms with van der Waals surface area (Å²) >= 11 is -1.51. The fourth-order valence-electron chi connectivity index (χ4n) is 5.00. The van der Waals surface area contributed by atoms with Crippen LogP contribution in [0.15, 0.2) is 12.1 Å². The molecule has 0 saturated carbocycles. The van der Waals surface area contributed by atoms with Gasteiger partial charge in [0.1, 0.15) is 10.6 Å². The van der Waals surface area contributed by atoms with E-state index in [1.165, 1.54) is 6.92 Å². The number of piperidine rings is 1. The van der Waals surface area contributed by atoms with Gasteiger partial charge < -0.3 is 9.87 Å². The molecule has 2 bridgehead atoms. The molecule has 35 heavy (non-hydrogen) atoms. The van der Waals surface area contributed by atoms with Crippen molar-refractivity contribution in [1.82, 2.24) is 14.3 Å². The molecule has 2 aliphatic rings. The number of hydrogen-bond acceptors (Lipinski definition) is 5. The summed E-state index contributed by atoms with van der Waals surface area (Å²) in [5.41, 5.74) is -0.0231. The second kappa shape index (κ2) is 11.0. The fourth-order valence-corrected chi connectivity index (χ4v) is 7.76. The van der Waals surface area contributed by atoms with E-state index in [-0.39, 0.29) is 48.2 Å². The smallest absolute Gasteiger partial charge is 0.216 e. The van der Waals surface area contributed by atoms with Crippen LogP contribution in [0.2, 0.25) is 0 Å². The highest BCUT2D eigenvalue weighted by molar-refractivity contribution is 7.90. The number of halogens is 3. The molecule has 0 radical (unpaired) electrons. The standard InChI is InChI=1S/C23H34F3N3O4S2/c1-14(30)27-7-8-35(32,33)29-17-5-6-18(29)10-16(9-17)22(28-34(31)23(2,3)4)12-15-11-20(25)21(26)13-19(15)24/h11,13,16-18,22,28H,5-10,12H2,1-4H3,(H,27,30)/t16-,17-,18+,22-,34?/m1/s1. The van der Waals surface area contributed by atoms with E-state index in [2.05, 4.69) is 10.0 Å². The van der Waals surface area contributed by atoms with Gasteiger partial charge in [0, 0.05) is 43.0 Å². The minimum absolute atomic E-state index is 0.00968. The summed E-state index contributed by atoms with van der Waals surface area (Å²) in [5, 5.41) is 2.51. The SMILES string of the molecule is CC(=O)NCCS(=O)(=O)N1[C@@H]2CC[C@H]1C[C@H]([C@@H](Cc1cc(F)c(F)cc1F)N[S+]([O-])C(C)(C)C)C2. The van der Waals surface area contributed by atoms with Crippen LogP contribution < -0.4 is 10.0 Å². The van der Waals surface area contributed by atoms with Crippen molar-refractivity contribution in [2.75, 3.05) is 12.3 Å². The zero-order chi connectivity index (χ0) is 26.1. The number of nitrogens with one attached hydrogen (secondary N) is 2. The molecule has 0 aromatic heterocycles. The molecule has 0 spiro atoms. The summed E-state index contributed by atoms with van der Waals surface area (Å²) in [6.45, 7) is 6.73. The van der Waals surface area contributed by atoms with Gasteiger partial charge >= 0.3 is 0 Å². The molecule has 198 valence electrons. The quantitative estimate of drug-likeness (QED) is 0.373. The van der Waals surface area contributed by atoms with E-state index in [0.717, 1.165) is 6.07 Å². The van der Waals surface area contributed by atoms with E-state index in [1.54, 1.807) is 25.1 Å². The first kappa shape index (κ1) is 28.2. The molecule has 1 aromatic carbocycles. The monoisotopic (exact) mass is 537 g/mol. The molecular weight excluding hydrogens is 503 g/mol. The molecule has 2 fully saturated rings. The lowest BCUT2D eigenvalue weighted by molar-refractivity contribution is -0.118. The van der Waals surface area contributed by atoms with Crippen molar-refractivity contribution in [2.24, 2.45) is 5.92 Å². The second-order valence-electron chi connectivity index (χ2n) is 10.4. The van der Waals surface area contributed by atoms with Gasteiger partial charge in [-0.15, -0.1) is 4.72 Å². The summed E-state index contributed by atoms with van der Waals surface area (Å²) in [6.07, 6.45) is 2.29. The van der Waals surface area contributed by atoms with E-state index >= 15 is 0 Å². The Hall–Kier alpha value is -1.34. The van der Waals surface area contributed by atoms with Crippen LogP contribution in [0.4, 0.5) is 13.2 Å². The van der Waals surface area contributed by atoms with E-state index < -0.39 is 49.6 Å². The Balaban J connectivity index is 1.81. The normalized spacial score (nSPS) is 24.9. The molecule has 2 aliphatic heterocycles. The number of amides is 1. The van der Waals surface area contributed by atoms with E-state index in [9.17, 15) is 30.9 Å². The predicted molar refractivity (Wildman–Crippen MR) is 129 cm³/mol. The molecule has 7 nitrogen and oxygen atoms in total. The van der Waals surface area contributed by atoms with Gasteiger partial charge in [0.2, 0.25) is 15.9 Å². The molecule has 5 atom stereocenters. The number of sulfonamides is 1. The number of carbonyl (C=O) groups is 1. The van der Waals surface area contributed by atoms with Crippen molar-refractivity contribution in [1.29, 1.82) is 0 Å². The summed E-state index contributed by atoms with van der Waals surface area (Å²) < 4.78 is 84.7. The van der Waals surface area contributed by atoms with Crippen LogP contribution in [-0.2, 0) is 32.6 Å². The maximum atomic E-state index is 14.5. The average molecular weight is 538 g/mol. The molecule has 1 aromatic rings. The third-order valence-electron chi connectivity index (χ3n) is 6.67. The van der Waals surface area contributed by atoms with Gasteiger partial charge in [0.05, 0.1) is 11.8 Å². The van der Waals surface area contributed by atoms with Crippen LogP contribution in [0, 0.1) is 23.4 Å². The third-order valence-corrected chi connectivity index (χ3v) is 10.3. The van der Waals surface area contributed by atoms with Crippen molar-refractivity contribution in [3.8, 4) is 0 Å². The van der Waals surface area contributed by atoms with Gasteiger partial charge in [-0.3, -0.25) is 4.79 Å². The van der Waals surface area contributed by atoms with Gasteiger partial charge in [-0.1, -0.05) is 0 Å². The van der Waals surface area contributed by atoms with Crippen LogP contribution in [0.5, 0.6) is 0 Å². The number of rotatable bonds is 9. The van der Waals surface area contributed by atoms with Gasteiger partial charge in [0.25, 0.3) is 0 Å². The lowest BCUT2D eigenvalue weighted by atomic mass is 9.83. The number of fused-ring (bicyclic) bond motifs is 2. The van der Waals surface area contributed by atoms with E-state index in [4.69, 9.17) is 0 Å². The van der Waals surface area contributed by atoms with Gasteiger partial charge in [0.15, 0.2) is 11.6 Å². The largest absolute Gasteiger partial charge is 0.598 e. The highest BCUT2D eigenvalue weighted by Crippen LogP contribution is 2.42. The van der Waals surface area contributed by atoms with E-state index in [1.807, 2.05) is 0 Å². The Bertz CT molecular complexity index is 1020. The van der Waals surface area contributed by atoms with Crippen LogP contribution in [-0.4, -0.2) is 58.4 Å². The predicted octanol–water partition coefficient (Wildman–Crippen LogP) is 2.78. The van der Waals surface area contributed by atoms with Crippen molar-refractivity contribution in [2.45, 2.75) is 82.7 Å². The first-order valence-electron chi connectivity index (χ1n) is 11.8. The molecule has 12 heteroatoms. The van der Waals surface area contributed by atoms with Crippen molar-refractivity contribution in [3.63, 3.8) is 0 Å². The van der Waals surface area contributed by atoms with Crippen molar-refractivity contribution >= 4 is 27.3 Å². The summed E-state index contributed by atoms with van der Waals surface area (Å²) in [5.74, 6) is -3.94. The Labute approximate surface area is 208 Å². The second-order valence-corrected chi connectivity index (χ2v) is 14.4. The van der Waals surface area contributed by atoms with Crippen molar-refractivity contribution in [3.05, 3.63) is 35.1 Å². The van der Waals surface area contributed by atoms with Gasteiger partial charge in [-0.05, 0) is 70.4 Å². The highest BCUT2D eigenvalue weighted by Gasteiger charge is 2.49. The summed E-state index contributed by atoms with van der Waals surface area (Å²) in [4.78, 5) is 11.1. The lowest BCUT2D eigenvalue weighted by Crippen LogP contribution is -2.54. The summed E-state index contributed by atoms with van der Waals surface area (Å²) in [6, 6.07) is 0.291. The Morgan fingerprint density at radius 1 is 1.14 bits per heavy atom.